The second-order valence-corrected chi connectivity index (χ2v) is 6.97. The van der Waals surface area contributed by atoms with Gasteiger partial charge in [0, 0.05) is 28.3 Å². The smallest absolute Gasteiger partial charge is 0.269 e. The minimum Gasteiger partial charge on any atom is -0.321 e. The zero-order chi connectivity index (χ0) is 17.6. The van der Waals surface area contributed by atoms with Crippen LogP contribution in [-0.4, -0.2) is 10.8 Å². The summed E-state index contributed by atoms with van der Waals surface area (Å²) in [6.07, 6.45) is 0. The number of carbonyl (C=O) groups is 1. The van der Waals surface area contributed by atoms with Crippen LogP contribution in [0.3, 0.4) is 0 Å². The first kappa shape index (κ1) is 17.2. The summed E-state index contributed by atoms with van der Waals surface area (Å²) in [5.41, 5.74) is 2.31. The van der Waals surface area contributed by atoms with Gasteiger partial charge in [0.15, 0.2) is 0 Å². The number of rotatable bonds is 6. The molecular weight excluding hydrogens is 356 g/mol. The van der Waals surface area contributed by atoms with Gasteiger partial charge in [-0.3, -0.25) is 14.9 Å². The van der Waals surface area contributed by atoms with Crippen molar-refractivity contribution in [2.75, 3.05) is 5.32 Å². The van der Waals surface area contributed by atoms with Gasteiger partial charge in [-0.25, -0.2) is 0 Å². The van der Waals surface area contributed by atoms with Crippen molar-refractivity contribution in [3.63, 3.8) is 0 Å². The summed E-state index contributed by atoms with van der Waals surface area (Å²) in [6.45, 7) is 0. The SMILES string of the molecule is O=C(Nc1ccccc1SCc1ccsc1)c1ccc([N+](=O)[O-])cc1. The Hall–Kier alpha value is -2.64. The molecule has 1 aromatic heterocycles. The molecule has 1 heterocycles. The number of amides is 1. The summed E-state index contributed by atoms with van der Waals surface area (Å²) in [5, 5.41) is 17.7. The normalized spacial score (nSPS) is 10.4. The van der Waals surface area contributed by atoms with E-state index in [1.165, 1.54) is 29.8 Å². The van der Waals surface area contributed by atoms with Crippen LogP contribution in [0.25, 0.3) is 0 Å². The Kier molecular flexibility index (Phi) is 5.47. The van der Waals surface area contributed by atoms with E-state index in [-0.39, 0.29) is 11.6 Å². The summed E-state index contributed by atoms with van der Waals surface area (Å²) in [5.74, 6) is 0.534. The minimum absolute atomic E-state index is 0.0386. The number of carbonyl (C=O) groups excluding carboxylic acids is 1. The number of thioether (sulfide) groups is 1. The molecule has 5 nitrogen and oxygen atoms in total. The molecule has 0 saturated carbocycles. The molecule has 0 radical (unpaired) electrons. The van der Waals surface area contributed by atoms with Crippen molar-refractivity contribution >= 4 is 40.4 Å². The lowest BCUT2D eigenvalue weighted by atomic mass is 10.2. The number of nitro groups is 1. The molecule has 0 fully saturated rings. The van der Waals surface area contributed by atoms with Gasteiger partial charge in [0.25, 0.3) is 11.6 Å². The first-order chi connectivity index (χ1) is 12.1. The predicted octanol–water partition coefficient (Wildman–Crippen LogP) is 5.20. The lowest BCUT2D eigenvalue weighted by Crippen LogP contribution is -2.12. The molecule has 0 atom stereocenters. The van der Waals surface area contributed by atoms with Crippen molar-refractivity contribution in [2.24, 2.45) is 0 Å². The van der Waals surface area contributed by atoms with E-state index >= 15 is 0 Å². The number of nitrogens with zero attached hydrogens (tertiary/aromatic N) is 1. The fourth-order valence-corrected chi connectivity index (χ4v) is 3.89. The molecule has 0 aliphatic carbocycles. The summed E-state index contributed by atoms with van der Waals surface area (Å²) >= 11 is 3.31. The number of hydrogen-bond donors (Lipinski definition) is 1. The maximum Gasteiger partial charge on any atom is 0.269 e. The van der Waals surface area contributed by atoms with Crippen molar-refractivity contribution in [1.82, 2.24) is 0 Å². The highest BCUT2D eigenvalue weighted by atomic mass is 32.2. The highest BCUT2D eigenvalue weighted by Crippen LogP contribution is 2.30. The van der Waals surface area contributed by atoms with Crippen LogP contribution in [0.1, 0.15) is 15.9 Å². The van der Waals surface area contributed by atoms with Crippen LogP contribution in [-0.2, 0) is 5.75 Å². The maximum absolute atomic E-state index is 12.4. The maximum atomic E-state index is 12.4. The number of nitro benzene ring substituents is 1. The molecule has 0 aliphatic rings. The summed E-state index contributed by atoms with van der Waals surface area (Å²) in [7, 11) is 0. The second kappa shape index (κ2) is 7.96. The van der Waals surface area contributed by atoms with Gasteiger partial charge in [0.2, 0.25) is 0 Å². The van der Waals surface area contributed by atoms with Crippen LogP contribution < -0.4 is 5.32 Å². The zero-order valence-corrected chi connectivity index (χ0v) is 14.7. The molecular formula is C18H14N2O3S2. The molecule has 0 unspecified atom stereocenters. The van der Waals surface area contributed by atoms with E-state index in [1.807, 2.05) is 29.6 Å². The van der Waals surface area contributed by atoms with E-state index in [9.17, 15) is 14.9 Å². The van der Waals surface area contributed by atoms with Crippen molar-refractivity contribution < 1.29 is 9.72 Å². The first-order valence-electron chi connectivity index (χ1n) is 7.42. The number of nitrogens with one attached hydrogen (secondary N) is 1. The van der Waals surface area contributed by atoms with E-state index in [2.05, 4.69) is 16.8 Å². The lowest BCUT2D eigenvalue weighted by molar-refractivity contribution is -0.384. The van der Waals surface area contributed by atoms with Crippen molar-refractivity contribution in [2.45, 2.75) is 10.6 Å². The van der Waals surface area contributed by atoms with E-state index in [0.717, 1.165) is 16.3 Å². The fourth-order valence-electron chi connectivity index (χ4n) is 2.16. The Morgan fingerprint density at radius 1 is 1.12 bits per heavy atom. The average Bonchev–Trinajstić information content (AvgIpc) is 3.14. The molecule has 25 heavy (non-hydrogen) atoms. The Balaban J connectivity index is 1.71. The van der Waals surface area contributed by atoms with Crippen molar-refractivity contribution in [3.05, 3.63) is 86.6 Å². The standard InChI is InChI=1S/C18H14N2O3S2/c21-18(14-5-7-15(8-6-14)20(22)23)19-16-3-1-2-4-17(16)25-12-13-9-10-24-11-13/h1-11H,12H2,(H,19,21). The molecule has 1 N–H and O–H groups in total. The lowest BCUT2D eigenvalue weighted by Gasteiger charge is -2.10. The first-order valence-corrected chi connectivity index (χ1v) is 9.35. The van der Waals surface area contributed by atoms with Gasteiger partial charge in [0.05, 0.1) is 10.6 Å². The Labute approximate surface area is 152 Å². The van der Waals surface area contributed by atoms with E-state index in [0.29, 0.717) is 5.56 Å². The molecule has 3 rings (SSSR count). The molecule has 3 aromatic rings. The monoisotopic (exact) mass is 370 g/mol. The Morgan fingerprint density at radius 2 is 1.88 bits per heavy atom. The highest BCUT2D eigenvalue weighted by molar-refractivity contribution is 7.98. The number of non-ortho nitro benzene ring substituents is 1. The molecule has 1 amide bonds. The molecule has 0 saturated heterocycles. The van der Waals surface area contributed by atoms with Crippen LogP contribution in [0.5, 0.6) is 0 Å². The van der Waals surface area contributed by atoms with E-state index < -0.39 is 4.92 Å². The summed E-state index contributed by atoms with van der Waals surface area (Å²) in [4.78, 5) is 23.6. The van der Waals surface area contributed by atoms with Gasteiger partial charge in [-0.05, 0) is 46.7 Å². The third kappa shape index (κ3) is 4.46. The number of thiophene rings is 1. The predicted molar refractivity (Wildman–Crippen MR) is 101 cm³/mol. The highest BCUT2D eigenvalue weighted by Gasteiger charge is 2.11. The van der Waals surface area contributed by atoms with Crippen LogP contribution in [0.4, 0.5) is 11.4 Å². The molecule has 0 aliphatic heterocycles. The van der Waals surface area contributed by atoms with Gasteiger partial charge >= 0.3 is 0 Å². The number of anilines is 1. The Morgan fingerprint density at radius 3 is 2.56 bits per heavy atom. The fraction of sp³-hybridized carbons (Fsp3) is 0.0556. The van der Waals surface area contributed by atoms with Gasteiger partial charge < -0.3 is 5.32 Å². The average molecular weight is 370 g/mol. The molecule has 7 heteroatoms. The molecule has 126 valence electrons. The number of hydrogen-bond acceptors (Lipinski definition) is 5. The Bertz CT molecular complexity index is 878. The van der Waals surface area contributed by atoms with Crippen LogP contribution in [0.2, 0.25) is 0 Å². The van der Waals surface area contributed by atoms with Crippen LogP contribution in [0.15, 0.2) is 70.3 Å². The van der Waals surface area contributed by atoms with Gasteiger partial charge in [-0.1, -0.05) is 12.1 Å². The van der Waals surface area contributed by atoms with Crippen molar-refractivity contribution in [1.29, 1.82) is 0 Å². The largest absolute Gasteiger partial charge is 0.321 e. The van der Waals surface area contributed by atoms with Crippen LogP contribution >= 0.6 is 23.1 Å². The van der Waals surface area contributed by atoms with Gasteiger partial charge in [-0.15, -0.1) is 11.8 Å². The van der Waals surface area contributed by atoms with E-state index in [4.69, 9.17) is 0 Å². The summed E-state index contributed by atoms with van der Waals surface area (Å²) < 4.78 is 0. The topological polar surface area (TPSA) is 72.2 Å². The quantitative estimate of drug-likeness (QED) is 0.368. The second-order valence-electron chi connectivity index (χ2n) is 5.17. The van der Waals surface area contributed by atoms with Gasteiger partial charge in [-0.2, -0.15) is 11.3 Å². The zero-order valence-electron chi connectivity index (χ0n) is 13.0. The minimum atomic E-state index is -0.488. The summed E-state index contributed by atoms with van der Waals surface area (Å²) in [6, 6.07) is 15.2. The number of para-hydroxylation sites is 1. The molecule has 0 bridgehead atoms. The molecule has 0 spiro atoms. The van der Waals surface area contributed by atoms with Crippen LogP contribution in [0, 0.1) is 10.1 Å². The van der Waals surface area contributed by atoms with Crippen molar-refractivity contribution in [3.8, 4) is 0 Å². The number of benzene rings is 2. The third-order valence-electron chi connectivity index (χ3n) is 3.45. The van der Waals surface area contributed by atoms with E-state index in [1.54, 1.807) is 23.1 Å². The third-order valence-corrected chi connectivity index (χ3v) is 5.33. The molecule has 2 aromatic carbocycles. The van der Waals surface area contributed by atoms with Gasteiger partial charge in [0.1, 0.15) is 0 Å².